The Labute approximate surface area is 86.5 Å². The van der Waals surface area contributed by atoms with Gasteiger partial charge in [-0.25, -0.2) is 0 Å². The fourth-order valence-electron chi connectivity index (χ4n) is 1.06. The first-order valence-corrected chi connectivity index (χ1v) is 4.77. The predicted molar refractivity (Wildman–Crippen MR) is 56.5 cm³/mol. The van der Waals surface area contributed by atoms with E-state index in [1.165, 1.54) is 0 Å². The van der Waals surface area contributed by atoms with Crippen molar-refractivity contribution in [2.75, 3.05) is 20.3 Å². The average molecular weight is 205 g/mol. The van der Waals surface area contributed by atoms with Crippen molar-refractivity contribution in [1.29, 1.82) is 0 Å². The molecular formula is C10H23NO3. The molecule has 0 fully saturated rings. The van der Waals surface area contributed by atoms with Gasteiger partial charge in [-0.15, -0.1) is 0 Å². The predicted octanol–water partition coefficient (Wildman–Crippen LogP) is 2.16. The Bertz CT molecular complexity index is 161. The van der Waals surface area contributed by atoms with Crippen molar-refractivity contribution in [2.45, 2.75) is 33.6 Å². The summed E-state index contributed by atoms with van der Waals surface area (Å²) in [6.07, 6.45) is 1.51. The topological polar surface area (TPSA) is 70.5 Å². The number of carbonyl (C=O) groups is 1. The number of ether oxygens (including phenoxy) is 2. The Balaban J connectivity index is 0. The molecule has 0 radical (unpaired) electrons. The number of hydrogen-bond donors (Lipinski definition) is 1. The van der Waals surface area contributed by atoms with Gasteiger partial charge in [0.2, 0.25) is 0 Å². The highest BCUT2D eigenvalue weighted by atomic mass is 16.5. The lowest BCUT2D eigenvalue weighted by Gasteiger charge is -2.25. The van der Waals surface area contributed by atoms with E-state index < -0.39 is 0 Å². The summed E-state index contributed by atoms with van der Waals surface area (Å²) < 4.78 is 9.96. The second-order valence-corrected chi connectivity index (χ2v) is 3.38. The SMILES string of the molecule is CCOC(=O)C(C)(CC)CCOC.N. The summed E-state index contributed by atoms with van der Waals surface area (Å²) in [5.74, 6) is -0.116. The summed E-state index contributed by atoms with van der Waals surface area (Å²) >= 11 is 0. The molecule has 0 heterocycles. The van der Waals surface area contributed by atoms with Crippen LogP contribution in [0.4, 0.5) is 0 Å². The Hall–Kier alpha value is -0.610. The quantitative estimate of drug-likeness (QED) is 0.674. The maximum atomic E-state index is 11.5. The standard InChI is InChI=1S/C10H20O3.H3N/c1-5-10(3,7-8-12-4)9(11)13-6-2;/h5-8H2,1-4H3;1H3. The fraction of sp³-hybridized carbons (Fsp3) is 0.900. The number of rotatable bonds is 6. The van der Waals surface area contributed by atoms with Crippen LogP contribution in [0.2, 0.25) is 0 Å². The van der Waals surface area contributed by atoms with Gasteiger partial charge in [-0.1, -0.05) is 6.92 Å². The fourth-order valence-corrected chi connectivity index (χ4v) is 1.06. The molecule has 4 heteroatoms. The average Bonchev–Trinajstić information content (AvgIpc) is 2.14. The van der Waals surface area contributed by atoms with Gasteiger partial charge in [-0.05, 0) is 26.7 Å². The van der Waals surface area contributed by atoms with E-state index in [-0.39, 0.29) is 17.5 Å². The van der Waals surface area contributed by atoms with Crippen LogP contribution in [0.1, 0.15) is 33.6 Å². The van der Waals surface area contributed by atoms with Gasteiger partial charge in [-0.3, -0.25) is 4.79 Å². The van der Waals surface area contributed by atoms with Gasteiger partial charge in [0, 0.05) is 13.7 Å². The second kappa shape index (κ2) is 7.76. The molecule has 14 heavy (non-hydrogen) atoms. The first kappa shape index (κ1) is 15.8. The minimum atomic E-state index is -0.383. The first-order valence-electron chi connectivity index (χ1n) is 4.77. The Morgan fingerprint density at radius 1 is 1.36 bits per heavy atom. The molecule has 1 atom stereocenters. The van der Waals surface area contributed by atoms with Crippen molar-refractivity contribution in [3.8, 4) is 0 Å². The van der Waals surface area contributed by atoms with Crippen LogP contribution in [0, 0.1) is 5.41 Å². The molecule has 0 aliphatic rings. The van der Waals surface area contributed by atoms with Crippen LogP contribution >= 0.6 is 0 Å². The van der Waals surface area contributed by atoms with E-state index in [2.05, 4.69) is 0 Å². The summed E-state index contributed by atoms with van der Waals surface area (Å²) in [5, 5.41) is 0. The van der Waals surface area contributed by atoms with Crippen LogP contribution in [0.5, 0.6) is 0 Å². The van der Waals surface area contributed by atoms with Gasteiger partial charge < -0.3 is 15.6 Å². The van der Waals surface area contributed by atoms with E-state index >= 15 is 0 Å². The molecule has 86 valence electrons. The zero-order valence-corrected chi connectivity index (χ0v) is 9.76. The molecular weight excluding hydrogens is 182 g/mol. The number of esters is 1. The Morgan fingerprint density at radius 2 is 1.93 bits per heavy atom. The number of carbonyl (C=O) groups excluding carboxylic acids is 1. The van der Waals surface area contributed by atoms with Gasteiger partial charge in [0.05, 0.1) is 12.0 Å². The van der Waals surface area contributed by atoms with Gasteiger partial charge in [0.15, 0.2) is 0 Å². The third kappa shape index (κ3) is 4.58. The smallest absolute Gasteiger partial charge is 0.311 e. The Morgan fingerprint density at radius 3 is 2.29 bits per heavy atom. The molecule has 0 aromatic heterocycles. The lowest BCUT2D eigenvalue weighted by Crippen LogP contribution is -2.30. The molecule has 0 saturated heterocycles. The van der Waals surface area contributed by atoms with Crippen molar-refractivity contribution < 1.29 is 14.3 Å². The van der Waals surface area contributed by atoms with Crippen molar-refractivity contribution in [3.05, 3.63) is 0 Å². The summed E-state index contributed by atoms with van der Waals surface area (Å²) in [7, 11) is 1.64. The zero-order chi connectivity index (χ0) is 10.3. The first-order chi connectivity index (χ1) is 6.10. The third-order valence-corrected chi connectivity index (χ3v) is 2.41. The van der Waals surface area contributed by atoms with Crippen LogP contribution in [0.3, 0.4) is 0 Å². The molecule has 0 bridgehead atoms. The van der Waals surface area contributed by atoms with Gasteiger partial charge in [0.25, 0.3) is 0 Å². The van der Waals surface area contributed by atoms with Crippen molar-refractivity contribution in [1.82, 2.24) is 6.15 Å². The second-order valence-electron chi connectivity index (χ2n) is 3.38. The van der Waals surface area contributed by atoms with E-state index in [9.17, 15) is 4.79 Å². The monoisotopic (exact) mass is 205 g/mol. The van der Waals surface area contributed by atoms with Gasteiger partial charge >= 0.3 is 5.97 Å². The molecule has 0 aromatic carbocycles. The van der Waals surface area contributed by atoms with E-state index in [4.69, 9.17) is 9.47 Å². The van der Waals surface area contributed by atoms with Crippen LogP contribution in [0.25, 0.3) is 0 Å². The van der Waals surface area contributed by atoms with Crippen molar-refractivity contribution in [3.63, 3.8) is 0 Å². The summed E-state index contributed by atoms with van der Waals surface area (Å²) in [6.45, 7) is 6.78. The minimum absolute atomic E-state index is 0. The molecule has 0 aromatic rings. The van der Waals surface area contributed by atoms with Crippen LogP contribution < -0.4 is 6.15 Å². The molecule has 1 unspecified atom stereocenters. The van der Waals surface area contributed by atoms with Crippen molar-refractivity contribution in [2.24, 2.45) is 5.41 Å². The lowest BCUT2D eigenvalue weighted by molar-refractivity contribution is -0.155. The van der Waals surface area contributed by atoms with E-state index in [1.807, 2.05) is 20.8 Å². The van der Waals surface area contributed by atoms with Gasteiger partial charge in [-0.2, -0.15) is 0 Å². The molecule has 0 rings (SSSR count). The van der Waals surface area contributed by atoms with Gasteiger partial charge in [0.1, 0.15) is 0 Å². The molecule has 0 amide bonds. The van der Waals surface area contributed by atoms with E-state index in [1.54, 1.807) is 7.11 Å². The van der Waals surface area contributed by atoms with Crippen LogP contribution in [-0.4, -0.2) is 26.3 Å². The largest absolute Gasteiger partial charge is 0.466 e. The highest BCUT2D eigenvalue weighted by Gasteiger charge is 2.32. The molecule has 0 spiro atoms. The number of methoxy groups -OCH3 is 1. The van der Waals surface area contributed by atoms with Crippen LogP contribution in [-0.2, 0) is 14.3 Å². The molecule has 3 N–H and O–H groups in total. The third-order valence-electron chi connectivity index (χ3n) is 2.41. The van der Waals surface area contributed by atoms with E-state index in [0.717, 1.165) is 12.8 Å². The normalized spacial score (nSPS) is 14.0. The maximum absolute atomic E-state index is 11.5. The molecule has 4 nitrogen and oxygen atoms in total. The minimum Gasteiger partial charge on any atom is -0.466 e. The molecule has 0 aliphatic carbocycles. The highest BCUT2D eigenvalue weighted by molar-refractivity contribution is 5.76. The Kier molecular flexibility index (Phi) is 8.79. The zero-order valence-electron chi connectivity index (χ0n) is 9.76. The highest BCUT2D eigenvalue weighted by Crippen LogP contribution is 2.27. The molecule has 0 saturated carbocycles. The number of hydrogen-bond acceptors (Lipinski definition) is 4. The summed E-state index contributed by atoms with van der Waals surface area (Å²) in [6, 6.07) is 0. The maximum Gasteiger partial charge on any atom is 0.311 e. The van der Waals surface area contributed by atoms with Crippen LogP contribution in [0.15, 0.2) is 0 Å². The lowest BCUT2D eigenvalue weighted by atomic mass is 9.84. The van der Waals surface area contributed by atoms with Crippen molar-refractivity contribution >= 4 is 5.97 Å². The van der Waals surface area contributed by atoms with E-state index in [0.29, 0.717) is 13.2 Å². The summed E-state index contributed by atoms with van der Waals surface area (Å²) in [4.78, 5) is 11.5. The molecule has 0 aliphatic heterocycles. The summed E-state index contributed by atoms with van der Waals surface area (Å²) in [5.41, 5.74) is -0.383.